The first-order valence-electron chi connectivity index (χ1n) is 5.51. The van der Waals surface area contributed by atoms with Crippen LogP contribution in [-0.2, 0) is 0 Å². The highest BCUT2D eigenvalue weighted by Gasteiger charge is 2.28. The summed E-state index contributed by atoms with van der Waals surface area (Å²) in [6.07, 6.45) is 0.752. The van der Waals surface area contributed by atoms with Crippen molar-refractivity contribution in [2.45, 2.75) is 12.5 Å². The number of rotatable bonds is 2. The normalized spacial score (nSPS) is 18.4. The van der Waals surface area contributed by atoms with Crippen molar-refractivity contribution >= 4 is 18.3 Å². The minimum atomic E-state index is -0.560. The van der Waals surface area contributed by atoms with Crippen molar-refractivity contribution in [3.63, 3.8) is 0 Å². The van der Waals surface area contributed by atoms with Gasteiger partial charge in [-0.2, -0.15) is 0 Å². The van der Waals surface area contributed by atoms with E-state index in [9.17, 15) is 9.18 Å². The molecule has 1 amide bonds. The fraction of sp³-hybridized carbons (Fsp3) is 0.417. The fourth-order valence-corrected chi connectivity index (χ4v) is 2.01. The van der Waals surface area contributed by atoms with E-state index >= 15 is 0 Å². The monoisotopic (exact) mass is 274 g/mol. The molecule has 100 valence electrons. The van der Waals surface area contributed by atoms with Crippen LogP contribution in [0.4, 0.5) is 4.39 Å². The highest BCUT2D eigenvalue weighted by molar-refractivity contribution is 5.97. The Kier molecular flexibility index (Phi) is 4.93. The zero-order valence-corrected chi connectivity index (χ0v) is 10.9. The minimum absolute atomic E-state index is 0. The third-order valence-electron chi connectivity index (χ3n) is 2.92. The smallest absolute Gasteiger partial charge is 0.260 e. The van der Waals surface area contributed by atoms with Gasteiger partial charge in [-0.3, -0.25) is 4.79 Å². The molecule has 0 saturated carbocycles. The van der Waals surface area contributed by atoms with Gasteiger partial charge >= 0.3 is 0 Å². The van der Waals surface area contributed by atoms with E-state index in [1.54, 1.807) is 11.0 Å². The zero-order valence-electron chi connectivity index (χ0n) is 10.1. The maximum atomic E-state index is 13.7. The van der Waals surface area contributed by atoms with Crippen molar-refractivity contribution < 1.29 is 13.9 Å². The van der Waals surface area contributed by atoms with Crippen LogP contribution >= 0.6 is 12.4 Å². The highest BCUT2D eigenvalue weighted by Crippen LogP contribution is 2.24. The number of nitrogens with two attached hydrogens (primary N) is 1. The van der Waals surface area contributed by atoms with Crippen LogP contribution in [0.5, 0.6) is 5.75 Å². The maximum absolute atomic E-state index is 13.7. The first-order valence-corrected chi connectivity index (χ1v) is 5.51. The van der Waals surface area contributed by atoms with Crippen molar-refractivity contribution in [3.8, 4) is 5.75 Å². The molecule has 0 aromatic heterocycles. The lowest BCUT2D eigenvalue weighted by Crippen LogP contribution is -2.32. The van der Waals surface area contributed by atoms with Gasteiger partial charge in [0.25, 0.3) is 5.91 Å². The Labute approximate surface area is 111 Å². The number of hydrogen-bond donors (Lipinski definition) is 1. The molecule has 0 aliphatic carbocycles. The standard InChI is InChI=1S/C12H15FN2O2.ClH/c1-17-10-4-2-3-9(13)11(10)12(16)15-6-5-8(14)7-15;/h2-4,8H,5-7,14H2,1H3;1H. The number of likely N-dealkylation sites (tertiary alicyclic amines) is 1. The van der Waals surface area contributed by atoms with Gasteiger partial charge in [-0.05, 0) is 18.6 Å². The number of nitrogens with zero attached hydrogens (tertiary/aromatic N) is 1. The lowest BCUT2D eigenvalue weighted by Gasteiger charge is -2.17. The Morgan fingerprint density at radius 2 is 2.28 bits per heavy atom. The molecular formula is C12H16ClFN2O2. The van der Waals surface area contributed by atoms with E-state index in [0.717, 1.165) is 6.42 Å². The summed E-state index contributed by atoms with van der Waals surface area (Å²) in [6.45, 7) is 1.04. The van der Waals surface area contributed by atoms with Gasteiger partial charge in [-0.25, -0.2) is 4.39 Å². The van der Waals surface area contributed by atoms with Crippen molar-refractivity contribution in [3.05, 3.63) is 29.6 Å². The molecule has 1 aromatic rings. The Morgan fingerprint density at radius 3 is 2.83 bits per heavy atom. The minimum Gasteiger partial charge on any atom is -0.496 e. The second-order valence-corrected chi connectivity index (χ2v) is 4.12. The van der Waals surface area contributed by atoms with Crippen LogP contribution < -0.4 is 10.5 Å². The van der Waals surface area contributed by atoms with Crippen molar-refractivity contribution in [2.24, 2.45) is 5.73 Å². The van der Waals surface area contributed by atoms with Gasteiger partial charge in [-0.1, -0.05) is 6.07 Å². The quantitative estimate of drug-likeness (QED) is 0.888. The van der Waals surface area contributed by atoms with E-state index in [-0.39, 0.29) is 35.7 Å². The summed E-state index contributed by atoms with van der Waals surface area (Å²) in [5, 5.41) is 0. The molecule has 1 atom stereocenters. The molecule has 2 N–H and O–H groups in total. The molecule has 1 aromatic carbocycles. The van der Waals surface area contributed by atoms with E-state index in [2.05, 4.69) is 0 Å². The van der Waals surface area contributed by atoms with Gasteiger partial charge in [0.2, 0.25) is 0 Å². The number of carbonyl (C=O) groups excluding carboxylic acids is 1. The number of methoxy groups -OCH3 is 1. The second-order valence-electron chi connectivity index (χ2n) is 4.12. The third kappa shape index (κ3) is 2.73. The van der Waals surface area contributed by atoms with Crippen LogP contribution in [-0.4, -0.2) is 37.0 Å². The molecular weight excluding hydrogens is 259 g/mol. The molecule has 18 heavy (non-hydrogen) atoms. The second kappa shape index (κ2) is 6.02. The summed E-state index contributed by atoms with van der Waals surface area (Å²) >= 11 is 0. The van der Waals surface area contributed by atoms with E-state index in [4.69, 9.17) is 10.5 Å². The molecule has 2 rings (SSSR count). The van der Waals surface area contributed by atoms with Crippen molar-refractivity contribution in [2.75, 3.05) is 20.2 Å². The molecule has 1 unspecified atom stereocenters. The summed E-state index contributed by atoms with van der Waals surface area (Å²) in [4.78, 5) is 13.7. The SMILES string of the molecule is COc1cccc(F)c1C(=O)N1CCC(N)C1.Cl. The van der Waals surface area contributed by atoms with Crippen LogP contribution in [0.15, 0.2) is 18.2 Å². The summed E-state index contributed by atoms with van der Waals surface area (Å²) in [5.41, 5.74) is 5.72. The van der Waals surface area contributed by atoms with Gasteiger partial charge in [-0.15, -0.1) is 12.4 Å². The lowest BCUT2D eigenvalue weighted by molar-refractivity contribution is 0.0782. The van der Waals surface area contributed by atoms with E-state index in [1.807, 2.05) is 0 Å². The van der Waals surface area contributed by atoms with E-state index < -0.39 is 5.82 Å². The van der Waals surface area contributed by atoms with E-state index in [0.29, 0.717) is 13.1 Å². The zero-order chi connectivity index (χ0) is 12.4. The number of amides is 1. The number of carbonyl (C=O) groups is 1. The maximum Gasteiger partial charge on any atom is 0.260 e. The fourth-order valence-electron chi connectivity index (χ4n) is 2.01. The molecule has 0 bridgehead atoms. The number of benzene rings is 1. The summed E-state index contributed by atoms with van der Waals surface area (Å²) < 4.78 is 18.7. The van der Waals surface area contributed by atoms with Crippen molar-refractivity contribution in [1.82, 2.24) is 4.90 Å². The van der Waals surface area contributed by atoms with Crippen LogP contribution in [0.2, 0.25) is 0 Å². The number of hydrogen-bond acceptors (Lipinski definition) is 3. The average molecular weight is 275 g/mol. The summed E-state index contributed by atoms with van der Waals surface area (Å²) in [5.74, 6) is -0.654. The molecule has 0 spiro atoms. The molecule has 1 saturated heterocycles. The molecule has 1 heterocycles. The lowest BCUT2D eigenvalue weighted by atomic mass is 10.1. The molecule has 1 aliphatic rings. The third-order valence-corrected chi connectivity index (χ3v) is 2.92. The predicted molar refractivity (Wildman–Crippen MR) is 68.7 cm³/mol. The van der Waals surface area contributed by atoms with Crippen LogP contribution in [0.1, 0.15) is 16.8 Å². The van der Waals surface area contributed by atoms with Crippen molar-refractivity contribution in [1.29, 1.82) is 0 Å². The molecule has 1 aliphatic heterocycles. The molecule has 6 heteroatoms. The van der Waals surface area contributed by atoms with Crippen LogP contribution in [0.3, 0.4) is 0 Å². The first kappa shape index (κ1) is 14.7. The summed E-state index contributed by atoms with van der Waals surface area (Å²) in [6, 6.07) is 4.33. The van der Waals surface area contributed by atoms with E-state index in [1.165, 1.54) is 19.2 Å². The predicted octanol–water partition coefficient (Wildman–Crippen LogP) is 1.43. The largest absolute Gasteiger partial charge is 0.496 e. The van der Waals surface area contributed by atoms with Crippen LogP contribution in [0, 0.1) is 5.82 Å². The topological polar surface area (TPSA) is 55.6 Å². The van der Waals surface area contributed by atoms with Gasteiger partial charge < -0.3 is 15.4 Å². The Morgan fingerprint density at radius 1 is 1.56 bits per heavy atom. The highest BCUT2D eigenvalue weighted by atomic mass is 35.5. The Balaban J connectivity index is 0.00000162. The Bertz CT molecular complexity index is 442. The first-order chi connectivity index (χ1) is 8.13. The average Bonchev–Trinajstić information content (AvgIpc) is 2.74. The van der Waals surface area contributed by atoms with Gasteiger partial charge in [0.1, 0.15) is 17.1 Å². The molecule has 0 radical (unpaired) electrons. The summed E-state index contributed by atoms with van der Waals surface area (Å²) in [7, 11) is 1.42. The van der Waals surface area contributed by atoms with Crippen LogP contribution in [0.25, 0.3) is 0 Å². The van der Waals surface area contributed by atoms with Gasteiger partial charge in [0, 0.05) is 19.1 Å². The molecule has 1 fully saturated rings. The van der Waals surface area contributed by atoms with Gasteiger partial charge in [0.05, 0.1) is 7.11 Å². The van der Waals surface area contributed by atoms with Gasteiger partial charge in [0.15, 0.2) is 0 Å². The Hall–Kier alpha value is -1.33. The number of ether oxygens (including phenoxy) is 1. The molecule has 4 nitrogen and oxygen atoms in total. The number of halogens is 2.